The molecule has 0 bridgehead atoms. The maximum absolute atomic E-state index is 11.8. The molecule has 0 spiro atoms. The van der Waals surface area contributed by atoms with Gasteiger partial charge in [-0.3, -0.25) is 4.79 Å². The van der Waals surface area contributed by atoms with Gasteiger partial charge in [-0.25, -0.2) is 0 Å². The molecule has 0 aromatic heterocycles. The van der Waals surface area contributed by atoms with Crippen molar-refractivity contribution in [3.63, 3.8) is 0 Å². The van der Waals surface area contributed by atoms with Crippen molar-refractivity contribution in [1.82, 2.24) is 5.32 Å². The van der Waals surface area contributed by atoms with Gasteiger partial charge in [-0.2, -0.15) is 0 Å². The summed E-state index contributed by atoms with van der Waals surface area (Å²) in [6.45, 7) is 0.434. The lowest BCUT2D eigenvalue weighted by atomic mass is 10.1. The van der Waals surface area contributed by atoms with E-state index in [2.05, 4.69) is 5.32 Å². The summed E-state index contributed by atoms with van der Waals surface area (Å²) in [4.78, 5) is 11.8. The Morgan fingerprint density at radius 1 is 1.33 bits per heavy atom. The van der Waals surface area contributed by atoms with Gasteiger partial charge in [0.2, 0.25) is 0 Å². The van der Waals surface area contributed by atoms with Gasteiger partial charge < -0.3 is 15.5 Å². The van der Waals surface area contributed by atoms with Gasteiger partial charge in [-0.1, -0.05) is 36.8 Å². The van der Waals surface area contributed by atoms with Crippen molar-refractivity contribution in [2.24, 2.45) is 5.92 Å². The second-order valence-electron chi connectivity index (χ2n) is 4.82. The molecule has 1 aliphatic rings. The molecule has 0 heterocycles. The van der Waals surface area contributed by atoms with Crippen molar-refractivity contribution in [2.45, 2.75) is 31.5 Å². The van der Waals surface area contributed by atoms with Gasteiger partial charge in [-0.15, -0.1) is 0 Å². The average molecular weight is 249 g/mol. The highest BCUT2D eigenvalue weighted by molar-refractivity contribution is 5.81. The van der Waals surface area contributed by atoms with Crippen LogP contribution in [0.2, 0.25) is 0 Å². The Morgan fingerprint density at radius 3 is 2.67 bits per heavy atom. The van der Waals surface area contributed by atoms with Gasteiger partial charge in [0.25, 0.3) is 5.91 Å². The van der Waals surface area contributed by atoms with E-state index in [-0.39, 0.29) is 12.0 Å². The number of aliphatic hydroxyl groups is 2. The fourth-order valence-electron chi connectivity index (χ4n) is 2.37. The molecule has 0 saturated heterocycles. The van der Waals surface area contributed by atoms with Crippen LogP contribution >= 0.6 is 0 Å². The summed E-state index contributed by atoms with van der Waals surface area (Å²) < 4.78 is 0. The van der Waals surface area contributed by atoms with Crippen LogP contribution in [0.15, 0.2) is 30.3 Å². The summed E-state index contributed by atoms with van der Waals surface area (Å²) >= 11 is 0. The Labute approximate surface area is 107 Å². The second-order valence-corrected chi connectivity index (χ2v) is 4.82. The van der Waals surface area contributed by atoms with Crippen molar-refractivity contribution in [3.05, 3.63) is 35.9 Å². The van der Waals surface area contributed by atoms with Crippen LogP contribution in [0.3, 0.4) is 0 Å². The molecule has 0 aliphatic heterocycles. The molecule has 1 aromatic carbocycles. The lowest BCUT2D eigenvalue weighted by molar-refractivity contribution is -0.129. The van der Waals surface area contributed by atoms with Crippen LogP contribution in [0.1, 0.15) is 30.9 Å². The topological polar surface area (TPSA) is 69.6 Å². The fraction of sp³-hybridized carbons (Fsp3) is 0.500. The normalized spacial score (nSPS) is 24.8. The number of benzene rings is 1. The third kappa shape index (κ3) is 3.09. The molecule has 1 aliphatic carbocycles. The van der Waals surface area contributed by atoms with Gasteiger partial charge in [0, 0.05) is 12.5 Å². The first-order valence-corrected chi connectivity index (χ1v) is 6.37. The van der Waals surface area contributed by atoms with Crippen LogP contribution in [0.25, 0.3) is 0 Å². The summed E-state index contributed by atoms with van der Waals surface area (Å²) in [5, 5.41) is 22.2. The van der Waals surface area contributed by atoms with Crippen LogP contribution in [-0.4, -0.2) is 28.8 Å². The molecule has 1 fully saturated rings. The minimum Gasteiger partial charge on any atom is -0.393 e. The highest BCUT2D eigenvalue weighted by Crippen LogP contribution is 2.24. The van der Waals surface area contributed by atoms with Crippen LogP contribution in [0, 0.1) is 5.92 Å². The molecule has 2 rings (SSSR count). The van der Waals surface area contributed by atoms with Crippen LogP contribution in [-0.2, 0) is 4.79 Å². The van der Waals surface area contributed by atoms with Crippen molar-refractivity contribution >= 4 is 5.91 Å². The van der Waals surface area contributed by atoms with Gasteiger partial charge in [0.15, 0.2) is 6.10 Å². The standard InChI is InChI=1S/C14H19NO3/c16-12-8-4-7-11(12)9-15-14(18)13(17)10-5-2-1-3-6-10/h1-3,5-6,11-13,16-17H,4,7-9H2,(H,15,18). The number of nitrogens with one attached hydrogen (secondary N) is 1. The third-order valence-electron chi connectivity index (χ3n) is 3.52. The number of carbonyl (C=O) groups excluding carboxylic acids is 1. The van der Waals surface area contributed by atoms with E-state index in [1.807, 2.05) is 6.07 Å². The minimum atomic E-state index is -1.13. The van der Waals surface area contributed by atoms with Crippen LogP contribution in [0.5, 0.6) is 0 Å². The first-order chi connectivity index (χ1) is 8.68. The summed E-state index contributed by atoms with van der Waals surface area (Å²) in [6.07, 6.45) is 1.29. The van der Waals surface area contributed by atoms with Crippen molar-refractivity contribution in [1.29, 1.82) is 0 Å². The highest BCUT2D eigenvalue weighted by Gasteiger charge is 2.26. The molecule has 98 valence electrons. The van der Waals surface area contributed by atoms with Crippen LogP contribution < -0.4 is 5.32 Å². The third-order valence-corrected chi connectivity index (χ3v) is 3.52. The summed E-state index contributed by atoms with van der Waals surface area (Å²) in [7, 11) is 0. The predicted molar refractivity (Wildman–Crippen MR) is 67.8 cm³/mol. The van der Waals surface area contributed by atoms with Crippen molar-refractivity contribution in [3.8, 4) is 0 Å². The van der Waals surface area contributed by atoms with Crippen molar-refractivity contribution in [2.75, 3.05) is 6.54 Å². The minimum absolute atomic E-state index is 0.122. The first kappa shape index (κ1) is 13.1. The van der Waals surface area contributed by atoms with E-state index < -0.39 is 12.0 Å². The second kappa shape index (κ2) is 5.98. The van der Waals surface area contributed by atoms with E-state index in [9.17, 15) is 15.0 Å². The van der Waals surface area contributed by atoms with E-state index in [4.69, 9.17) is 0 Å². The molecule has 4 nitrogen and oxygen atoms in total. The van der Waals surface area contributed by atoms with Gasteiger partial charge >= 0.3 is 0 Å². The molecule has 3 unspecified atom stereocenters. The summed E-state index contributed by atoms with van der Waals surface area (Å²) in [5.74, 6) is -0.280. The van der Waals surface area contributed by atoms with E-state index in [1.165, 1.54) is 0 Å². The number of amides is 1. The van der Waals surface area contributed by atoms with E-state index in [0.29, 0.717) is 12.1 Å². The Hall–Kier alpha value is -1.39. The largest absolute Gasteiger partial charge is 0.393 e. The molecule has 3 N–H and O–H groups in total. The highest BCUT2D eigenvalue weighted by atomic mass is 16.3. The Balaban J connectivity index is 1.84. The maximum atomic E-state index is 11.8. The zero-order valence-corrected chi connectivity index (χ0v) is 10.2. The quantitative estimate of drug-likeness (QED) is 0.745. The Bertz CT molecular complexity index is 393. The molecular weight excluding hydrogens is 230 g/mol. The zero-order chi connectivity index (χ0) is 13.0. The molecule has 1 saturated carbocycles. The Kier molecular flexibility index (Phi) is 4.33. The van der Waals surface area contributed by atoms with Gasteiger partial charge in [0.05, 0.1) is 6.10 Å². The molecule has 4 heteroatoms. The van der Waals surface area contributed by atoms with E-state index in [0.717, 1.165) is 19.3 Å². The van der Waals surface area contributed by atoms with Crippen molar-refractivity contribution < 1.29 is 15.0 Å². The van der Waals surface area contributed by atoms with Gasteiger partial charge in [-0.05, 0) is 18.4 Å². The van der Waals surface area contributed by atoms with E-state index >= 15 is 0 Å². The number of hydrogen-bond acceptors (Lipinski definition) is 3. The predicted octanol–water partition coefficient (Wildman–Crippen LogP) is 0.997. The Morgan fingerprint density at radius 2 is 2.06 bits per heavy atom. The van der Waals surface area contributed by atoms with Crippen LogP contribution in [0.4, 0.5) is 0 Å². The first-order valence-electron chi connectivity index (χ1n) is 6.37. The SMILES string of the molecule is O=C(NCC1CCCC1O)C(O)c1ccccc1. The molecule has 1 aromatic rings. The fourth-order valence-corrected chi connectivity index (χ4v) is 2.37. The average Bonchev–Trinajstić information content (AvgIpc) is 2.81. The smallest absolute Gasteiger partial charge is 0.253 e. The monoisotopic (exact) mass is 249 g/mol. The van der Waals surface area contributed by atoms with Gasteiger partial charge in [0.1, 0.15) is 0 Å². The van der Waals surface area contributed by atoms with E-state index in [1.54, 1.807) is 24.3 Å². The number of hydrogen-bond donors (Lipinski definition) is 3. The molecule has 0 radical (unpaired) electrons. The molecule has 18 heavy (non-hydrogen) atoms. The summed E-state index contributed by atoms with van der Waals surface area (Å²) in [6, 6.07) is 8.84. The number of aliphatic hydroxyl groups excluding tert-OH is 2. The number of carbonyl (C=O) groups is 1. The lowest BCUT2D eigenvalue weighted by Gasteiger charge is -2.17. The lowest BCUT2D eigenvalue weighted by Crippen LogP contribution is -2.35. The zero-order valence-electron chi connectivity index (χ0n) is 10.2. The molecule has 3 atom stereocenters. The number of rotatable bonds is 4. The molecular formula is C14H19NO3. The maximum Gasteiger partial charge on any atom is 0.253 e. The summed E-state index contributed by atoms with van der Waals surface area (Å²) in [5.41, 5.74) is 0.585. The molecule has 1 amide bonds.